The Morgan fingerprint density at radius 3 is 2.70 bits per heavy atom. The molecule has 1 aromatic rings. The van der Waals surface area contributed by atoms with Gasteiger partial charge in [-0.3, -0.25) is 0 Å². The number of rotatable bonds is 8. The van der Waals surface area contributed by atoms with E-state index < -0.39 is 0 Å². The molecular weight excluding hydrogens is 273 g/mol. The van der Waals surface area contributed by atoms with Crippen LogP contribution in [0.4, 0.5) is 10.2 Å². The van der Waals surface area contributed by atoms with Crippen molar-refractivity contribution in [2.24, 2.45) is 5.92 Å². The molecule has 0 aliphatic rings. The Bertz CT molecular complexity index is 412. The molecule has 20 heavy (non-hydrogen) atoms. The number of thioether (sulfide) groups is 1. The fraction of sp³-hybridized carbons (Fsp3) is 0.667. The lowest BCUT2D eigenvalue weighted by atomic mass is 10.2. The molecule has 5 heteroatoms. The summed E-state index contributed by atoms with van der Waals surface area (Å²) in [7, 11) is 1.90. The zero-order chi connectivity index (χ0) is 15.1. The van der Waals surface area contributed by atoms with Gasteiger partial charge in [0, 0.05) is 37.1 Å². The molecule has 0 saturated heterocycles. The summed E-state index contributed by atoms with van der Waals surface area (Å²) in [6.45, 7) is 7.79. The fourth-order valence-electron chi connectivity index (χ4n) is 1.91. The Hall–Kier alpha value is -0.810. The quantitative estimate of drug-likeness (QED) is 0.798. The molecule has 0 aromatic carbocycles. The molecule has 0 aliphatic carbocycles. The third kappa shape index (κ3) is 4.94. The van der Waals surface area contributed by atoms with Crippen LogP contribution in [0.3, 0.4) is 0 Å². The molecule has 3 nitrogen and oxygen atoms in total. The summed E-state index contributed by atoms with van der Waals surface area (Å²) in [5.74, 6) is 1.74. The second-order valence-corrected chi connectivity index (χ2v) is 6.46. The van der Waals surface area contributed by atoms with E-state index in [0.717, 1.165) is 12.3 Å². The van der Waals surface area contributed by atoms with Crippen LogP contribution < -0.4 is 10.2 Å². The summed E-state index contributed by atoms with van der Waals surface area (Å²) >= 11 is 1.76. The van der Waals surface area contributed by atoms with Crippen molar-refractivity contribution >= 4 is 17.6 Å². The molecule has 0 aliphatic heterocycles. The lowest BCUT2D eigenvalue weighted by Gasteiger charge is -2.26. The van der Waals surface area contributed by atoms with E-state index in [9.17, 15) is 4.39 Å². The SMILES string of the molecule is CSCC(C)N(C)c1nccc(CNCC(C)C)c1F. The van der Waals surface area contributed by atoms with Gasteiger partial charge in [-0.2, -0.15) is 11.8 Å². The monoisotopic (exact) mass is 299 g/mol. The summed E-state index contributed by atoms with van der Waals surface area (Å²) in [4.78, 5) is 6.11. The average molecular weight is 299 g/mol. The average Bonchev–Trinajstić information content (AvgIpc) is 2.40. The van der Waals surface area contributed by atoms with E-state index in [1.807, 2.05) is 11.9 Å². The largest absolute Gasteiger partial charge is 0.354 e. The van der Waals surface area contributed by atoms with E-state index in [1.54, 1.807) is 24.0 Å². The first kappa shape index (κ1) is 17.2. The Balaban J connectivity index is 2.78. The molecule has 1 N–H and O–H groups in total. The molecule has 1 heterocycles. The molecule has 0 amide bonds. The van der Waals surface area contributed by atoms with E-state index in [2.05, 4.69) is 37.3 Å². The molecule has 114 valence electrons. The summed E-state index contributed by atoms with van der Waals surface area (Å²) in [5, 5.41) is 3.27. The van der Waals surface area contributed by atoms with Gasteiger partial charge in [-0.05, 0) is 31.7 Å². The van der Waals surface area contributed by atoms with Crippen LogP contribution in [0.1, 0.15) is 26.3 Å². The Labute approximate surface area is 126 Å². The Kier molecular flexibility index (Phi) is 7.30. The summed E-state index contributed by atoms with van der Waals surface area (Å²) in [5.41, 5.74) is 0.679. The van der Waals surface area contributed by atoms with Gasteiger partial charge in [0.1, 0.15) is 0 Å². The Morgan fingerprint density at radius 1 is 1.40 bits per heavy atom. The predicted molar refractivity (Wildman–Crippen MR) is 87.0 cm³/mol. The second kappa shape index (κ2) is 8.47. The van der Waals surface area contributed by atoms with E-state index in [1.165, 1.54) is 0 Å². The topological polar surface area (TPSA) is 28.2 Å². The predicted octanol–water partition coefficient (Wildman–Crippen LogP) is 3.15. The number of anilines is 1. The van der Waals surface area contributed by atoms with E-state index >= 15 is 0 Å². The molecular formula is C15H26FN3S. The number of nitrogens with zero attached hydrogens (tertiary/aromatic N) is 2. The lowest BCUT2D eigenvalue weighted by molar-refractivity contribution is 0.531. The van der Waals surface area contributed by atoms with Gasteiger partial charge in [0.25, 0.3) is 0 Å². The molecule has 0 saturated carbocycles. The van der Waals surface area contributed by atoms with Crippen molar-refractivity contribution in [3.05, 3.63) is 23.6 Å². The minimum Gasteiger partial charge on any atom is -0.354 e. The molecule has 0 spiro atoms. The molecule has 1 atom stereocenters. The van der Waals surface area contributed by atoms with Crippen molar-refractivity contribution in [3.63, 3.8) is 0 Å². The van der Waals surface area contributed by atoms with Crippen molar-refractivity contribution < 1.29 is 4.39 Å². The minimum absolute atomic E-state index is 0.209. The number of hydrogen-bond donors (Lipinski definition) is 1. The molecule has 0 bridgehead atoms. The van der Waals surface area contributed by atoms with E-state index in [0.29, 0.717) is 23.8 Å². The number of pyridine rings is 1. The standard InChI is InChI=1S/C15H26FN3S/c1-11(2)8-17-9-13-6-7-18-15(14(13)16)19(4)12(3)10-20-5/h6-7,11-12,17H,8-10H2,1-5H3. The van der Waals surface area contributed by atoms with Gasteiger partial charge in [-0.25, -0.2) is 9.37 Å². The van der Waals surface area contributed by atoms with Gasteiger partial charge in [0.2, 0.25) is 0 Å². The van der Waals surface area contributed by atoms with Crippen LogP contribution in [0, 0.1) is 11.7 Å². The third-order valence-electron chi connectivity index (χ3n) is 3.22. The summed E-state index contributed by atoms with van der Waals surface area (Å²) < 4.78 is 14.5. The van der Waals surface area contributed by atoms with E-state index in [4.69, 9.17) is 0 Å². The Morgan fingerprint density at radius 2 is 2.10 bits per heavy atom. The number of aromatic nitrogens is 1. The van der Waals surface area contributed by atoms with Gasteiger partial charge >= 0.3 is 0 Å². The van der Waals surface area contributed by atoms with Crippen molar-refractivity contribution in [2.45, 2.75) is 33.4 Å². The second-order valence-electron chi connectivity index (χ2n) is 5.55. The van der Waals surface area contributed by atoms with Crippen LogP contribution in [0.5, 0.6) is 0 Å². The molecule has 1 unspecified atom stereocenters. The van der Waals surface area contributed by atoms with Gasteiger partial charge in [-0.15, -0.1) is 0 Å². The maximum absolute atomic E-state index is 14.5. The van der Waals surface area contributed by atoms with Crippen molar-refractivity contribution in [2.75, 3.05) is 30.5 Å². The van der Waals surface area contributed by atoms with Crippen molar-refractivity contribution in [1.82, 2.24) is 10.3 Å². The third-order valence-corrected chi connectivity index (χ3v) is 4.04. The number of nitrogens with one attached hydrogen (secondary N) is 1. The highest BCUT2D eigenvalue weighted by Crippen LogP contribution is 2.21. The van der Waals surface area contributed by atoms with Crippen LogP contribution in [0.25, 0.3) is 0 Å². The maximum atomic E-state index is 14.5. The zero-order valence-electron chi connectivity index (χ0n) is 13.1. The van der Waals surface area contributed by atoms with Crippen LogP contribution in [0.2, 0.25) is 0 Å². The highest BCUT2D eigenvalue weighted by atomic mass is 32.2. The molecule has 0 fully saturated rings. The normalized spacial score (nSPS) is 12.8. The van der Waals surface area contributed by atoms with Gasteiger partial charge in [0.05, 0.1) is 0 Å². The highest BCUT2D eigenvalue weighted by molar-refractivity contribution is 7.98. The number of hydrogen-bond acceptors (Lipinski definition) is 4. The van der Waals surface area contributed by atoms with Crippen molar-refractivity contribution in [1.29, 1.82) is 0 Å². The van der Waals surface area contributed by atoms with Crippen LogP contribution in [0.15, 0.2) is 12.3 Å². The van der Waals surface area contributed by atoms with Gasteiger partial charge < -0.3 is 10.2 Å². The zero-order valence-corrected chi connectivity index (χ0v) is 13.9. The summed E-state index contributed by atoms with van der Waals surface area (Å²) in [6.07, 6.45) is 3.74. The number of halogens is 1. The van der Waals surface area contributed by atoms with Crippen molar-refractivity contribution in [3.8, 4) is 0 Å². The molecule has 1 aromatic heterocycles. The molecule has 1 rings (SSSR count). The maximum Gasteiger partial charge on any atom is 0.170 e. The first-order chi connectivity index (χ1) is 9.47. The fourth-order valence-corrected chi connectivity index (χ4v) is 2.62. The van der Waals surface area contributed by atoms with Gasteiger partial charge in [0.15, 0.2) is 11.6 Å². The summed E-state index contributed by atoms with van der Waals surface area (Å²) in [6, 6.07) is 2.00. The molecule has 0 radical (unpaired) electrons. The van der Waals surface area contributed by atoms with E-state index in [-0.39, 0.29) is 11.9 Å². The minimum atomic E-state index is -0.209. The smallest absolute Gasteiger partial charge is 0.170 e. The van der Waals surface area contributed by atoms with Gasteiger partial charge in [-0.1, -0.05) is 13.8 Å². The van der Waals surface area contributed by atoms with Crippen LogP contribution in [-0.2, 0) is 6.54 Å². The van der Waals surface area contributed by atoms with Crippen LogP contribution >= 0.6 is 11.8 Å². The lowest BCUT2D eigenvalue weighted by Crippen LogP contribution is -2.32. The highest BCUT2D eigenvalue weighted by Gasteiger charge is 2.17. The van der Waals surface area contributed by atoms with Crippen LogP contribution in [-0.4, -0.2) is 36.6 Å². The first-order valence-corrected chi connectivity index (χ1v) is 8.42. The first-order valence-electron chi connectivity index (χ1n) is 7.03.